The average Bonchev–Trinajstić information content (AvgIpc) is 2.48. The van der Waals surface area contributed by atoms with E-state index in [4.69, 9.17) is 4.74 Å². The zero-order chi connectivity index (χ0) is 16.1. The number of piperazine rings is 1. The van der Waals surface area contributed by atoms with Crippen LogP contribution in [-0.2, 0) is 20.9 Å². The van der Waals surface area contributed by atoms with Gasteiger partial charge in [-0.05, 0) is 13.0 Å². The van der Waals surface area contributed by atoms with Gasteiger partial charge in [-0.3, -0.25) is 9.59 Å². The van der Waals surface area contributed by atoms with Crippen LogP contribution in [0.5, 0.6) is 0 Å². The van der Waals surface area contributed by atoms with E-state index < -0.39 is 23.6 Å². The Balaban J connectivity index is 2.13. The first kappa shape index (κ1) is 16.4. The Labute approximate surface area is 127 Å². The number of carbonyl (C=O) groups is 2. The summed E-state index contributed by atoms with van der Waals surface area (Å²) in [5.41, 5.74) is 0.193. The van der Waals surface area contributed by atoms with Gasteiger partial charge in [-0.1, -0.05) is 12.1 Å². The number of amides is 1. The molecule has 2 atom stereocenters. The number of carbonyl (C=O) groups excluding carboxylic acids is 2. The number of halogens is 2. The summed E-state index contributed by atoms with van der Waals surface area (Å²) >= 11 is 0. The normalized spacial score (nSPS) is 21.3. The number of nitrogens with one attached hydrogen (secondary N) is 2. The van der Waals surface area contributed by atoms with Crippen LogP contribution in [0.15, 0.2) is 18.2 Å². The van der Waals surface area contributed by atoms with Crippen LogP contribution >= 0.6 is 0 Å². The molecule has 1 aliphatic rings. The van der Waals surface area contributed by atoms with Gasteiger partial charge < -0.3 is 15.0 Å². The Morgan fingerprint density at radius 2 is 2.23 bits per heavy atom. The highest BCUT2D eigenvalue weighted by Gasteiger charge is 2.36. The standard InChI is InChI=1S/C15H18F2N2O3/c1-2-22-13(20)8-12-15(21)18-6-7-19(12)9-10-4-3-5-11(16)14(10)17/h3-5,12H,2,6-9H2,1H3,(H,18,21)/p+1/t12-/m1/s1. The van der Waals surface area contributed by atoms with Crippen molar-refractivity contribution in [3.05, 3.63) is 35.4 Å². The molecule has 0 bridgehead atoms. The zero-order valence-corrected chi connectivity index (χ0v) is 12.3. The predicted octanol–water partition coefficient (Wildman–Crippen LogP) is -0.199. The molecule has 1 aromatic carbocycles. The van der Waals surface area contributed by atoms with Crippen LogP contribution in [0.2, 0.25) is 0 Å². The second-order valence-corrected chi connectivity index (χ2v) is 5.15. The minimum atomic E-state index is -0.916. The molecule has 5 nitrogen and oxygen atoms in total. The number of quaternary nitrogens is 1. The van der Waals surface area contributed by atoms with E-state index >= 15 is 0 Å². The largest absolute Gasteiger partial charge is 0.466 e. The Kier molecular flexibility index (Phi) is 5.43. The van der Waals surface area contributed by atoms with E-state index in [9.17, 15) is 18.4 Å². The Hall–Kier alpha value is -2.02. The topological polar surface area (TPSA) is 59.8 Å². The molecule has 1 fully saturated rings. The SMILES string of the molecule is CCOC(=O)C[C@@H]1C(=O)NCC[NH+]1Cc1cccc(F)c1F. The predicted molar refractivity (Wildman–Crippen MR) is 73.9 cm³/mol. The number of rotatable bonds is 5. The van der Waals surface area contributed by atoms with Crippen molar-refractivity contribution in [3.8, 4) is 0 Å². The summed E-state index contributed by atoms with van der Waals surface area (Å²) in [6.45, 7) is 3.03. The first-order valence-electron chi connectivity index (χ1n) is 7.23. The van der Waals surface area contributed by atoms with Crippen molar-refractivity contribution in [2.45, 2.75) is 25.9 Å². The fraction of sp³-hybridized carbons (Fsp3) is 0.467. The molecule has 1 aliphatic heterocycles. The van der Waals surface area contributed by atoms with Gasteiger partial charge in [0.25, 0.3) is 5.91 Å². The second kappa shape index (κ2) is 7.31. The van der Waals surface area contributed by atoms with Crippen molar-refractivity contribution in [3.63, 3.8) is 0 Å². The number of ether oxygens (including phenoxy) is 1. The van der Waals surface area contributed by atoms with E-state index in [2.05, 4.69) is 5.32 Å². The summed E-state index contributed by atoms with van der Waals surface area (Å²) < 4.78 is 31.9. The third-order valence-electron chi connectivity index (χ3n) is 3.68. The summed E-state index contributed by atoms with van der Waals surface area (Å²) in [5, 5.41) is 2.69. The van der Waals surface area contributed by atoms with Crippen molar-refractivity contribution < 1.29 is 28.0 Å². The molecule has 22 heavy (non-hydrogen) atoms. The molecule has 1 aromatic rings. The van der Waals surface area contributed by atoms with Gasteiger partial charge in [-0.2, -0.15) is 0 Å². The van der Waals surface area contributed by atoms with E-state index in [1.54, 1.807) is 6.92 Å². The first-order valence-corrected chi connectivity index (χ1v) is 7.23. The number of hydrogen-bond acceptors (Lipinski definition) is 3. The lowest BCUT2D eigenvalue weighted by Gasteiger charge is -2.31. The van der Waals surface area contributed by atoms with E-state index in [0.29, 0.717) is 13.1 Å². The minimum Gasteiger partial charge on any atom is -0.466 e. The minimum absolute atomic E-state index is 0.0774. The molecule has 2 N–H and O–H groups in total. The van der Waals surface area contributed by atoms with Gasteiger partial charge in [0.15, 0.2) is 17.7 Å². The summed E-state index contributed by atoms with van der Waals surface area (Å²) in [6.07, 6.45) is -0.0774. The van der Waals surface area contributed by atoms with Gasteiger partial charge in [0, 0.05) is 5.56 Å². The van der Waals surface area contributed by atoms with Crippen LogP contribution in [0.3, 0.4) is 0 Å². The number of esters is 1. The van der Waals surface area contributed by atoms with Gasteiger partial charge in [0.1, 0.15) is 13.0 Å². The van der Waals surface area contributed by atoms with Crippen molar-refractivity contribution in [1.29, 1.82) is 0 Å². The molecule has 120 valence electrons. The second-order valence-electron chi connectivity index (χ2n) is 5.15. The van der Waals surface area contributed by atoms with Crippen LogP contribution in [0, 0.1) is 11.6 Å². The van der Waals surface area contributed by atoms with Gasteiger partial charge >= 0.3 is 5.97 Å². The lowest BCUT2D eigenvalue weighted by atomic mass is 10.1. The molecular weight excluding hydrogens is 294 g/mol. The molecule has 0 spiro atoms. The Morgan fingerprint density at radius 3 is 2.95 bits per heavy atom. The Morgan fingerprint density at radius 1 is 1.45 bits per heavy atom. The summed E-state index contributed by atoms with van der Waals surface area (Å²) in [5.74, 6) is -2.57. The molecule has 2 rings (SSSR count). The van der Waals surface area contributed by atoms with Crippen molar-refractivity contribution in [2.75, 3.05) is 19.7 Å². The number of benzene rings is 1. The fourth-order valence-corrected chi connectivity index (χ4v) is 2.59. The van der Waals surface area contributed by atoms with Crippen LogP contribution in [0.4, 0.5) is 8.78 Å². The van der Waals surface area contributed by atoms with E-state index in [1.807, 2.05) is 0 Å². The third kappa shape index (κ3) is 3.79. The maximum absolute atomic E-state index is 13.8. The quantitative estimate of drug-likeness (QED) is 0.740. The maximum atomic E-state index is 13.8. The fourth-order valence-electron chi connectivity index (χ4n) is 2.59. The summed E-state index contributed by atoms with van der Waals surface area (Å²) in [7, 11) is 0. The van der Waals surface area contributed by atoms with E-state index in [-0.39, 0.29) is 31.0 Å². The molecule has 1 heterocycles. The van der Waals surface area contributed by atoms with E-state index in [1.165, 1.54) is 12.1 Å². The Bertz CT molecular complexity index is 566. The molecule has 1 amide bonds. The lowest BCUT2D eigenvalue weighted by Crippen LogP contribution is -3.18. The summed E-state index contributed by atoms with van der Waals surface area (Å²) in [4.78, 5) is 24.3. The highest BCUT2D eigenvalue weighted by atomic mass is 19.2. The lowest BCUT2D eigenvalue weighted by molar-refractivity contribution is -0.930. The van der Waals surface area contributed by atoms with Gasteiger partial charge in [0.05, 0.1) is 19.7 Å². The van der Waals surface area contributed by atoms with Gasteiger partial charge in [0.2, 0.25) is 0 Å². The molecule has 7 heteroatoms. The van der Waals surface area contributed by atoms with Crippen LogP contribution in [-0.4, -0.2) is 37.6 Å². The van der Waals surface area contributed by atoms with Crippen molar-refractivity contribution in [1.82, 2.24) is 5.32 Å². The monoisotopic (exact) mass is 313 g/mol. The van der Waals surface area contributed by atoms with Crippen molar-refractivity contribution in [2.24, 2.45) is 0 Å². The molecule has 0 aromatic heterocycles. The molecule has 0 saturated carbocycles. The van der Waals surface area contributed by atoms with Crippen LogP contribution < -0.4 is 10.2 Å². The summed E-state index contributed by atoms with van der Waals surface area (Å²) in [6, 6.07) is 3.31. The molecular formula is C15H19F2N2O3+. The van der Waals surface area contributed by atoms with E-state index in [0.717, 1.165) is 11.0 Å². The first-order chi connectivity index (χ1) is 10.5. The van der Waals surface area contributed by atoms with Gasteiger partial charge in [-0.15, -0.1) is 0 Å². The molecule has 0 radical (unpaired) electrons. The van der Waals surface area contributed by atoms with Crippen molar-refractivity contribution >= 4 is 11.9 Å². The highest BCUT2D eigenvalue weighted by Crippen LogP contribution is 2.10. The number of hydrogen-bond donors (Lipinski definition) is 2. The molecule has 1 unspecified atom stereocenters. The molecule has 0 aliphatic carbocycles. The molecule has 1 saturated heterocycles. The van der Waals surface area contributed by atoms with Gasteiger partial charge in [-0.25, -0.2) is 8.78 Å². The highest BCUT2D eigenvalue weighted by molar-refractivity contribution is 5.85. The smallest absolute Gasteiger partial charge is 0.312 e. The zero-order valence-electron chi connectivity index (χ0n) is 12.3. The van der Waals surface area contributed by atoms with Crippen LogP contribution in [0.1, 0.15) is 18.9 Å². The third-order valence-corrected chi connectivity index (χ3v) is 3.68. The maximum Gasteiger partial charge on any atom is 0.312 e. The van der Waals surface area contributed by atoms with Crippen LogP contribution in [0.25, 0.3) is 0 Å². The average molecular weight is 313 g/mol.